The largest absolute Gasteiger partial charge is 0.451 e. The van der Waals surface area contributed by atoms with Crippen LogP contribution >= 0.6 is 0 Å². The van der Waals surface area contributed by atoms with Gasteiger partial charge in [0.2, 0.25) is 11.7 Å². The number of halogens is 3. The van der Waals surface area contributed by atoms with Crippen molar-refractivity contribution in [1.29, 1.82) is 0 Å². The van der Waals surface area contributed by atoms with Crippen LogP contribution in [0.5, 0.6) is 0 Å². The zero-order valence-electron chi connectivity index (χ0n) is 10.7. The van der Waals surface area contributed by atoms with Gasteiger partial charge in [0.1, 0.15) is 17.4 Å². The molecule has 0 fully saturated rings. The zero-order valence-corrected chi connectivity index (χ0v) is 10.7. The Morgan fingerprint density at radius 2 is 1.95 bits per heavy atom. The van der Waals surface area contributed by atoms with Crippen molar-refractivity contribution >= 4 is 11.6 Å². The first-order chi connectivity index (χ1) is 9.25. The summed E-state index contributed by atoms with van der Waals surface area (Å²) in [7, 11) is 0. The van der Waals surface area contributed by atoms with Crippen molar-refractivity contribution in [2.75, 3.05) is 11.1 Å². The Morgan fingerprint density at radius 3 is 2.50 bits per heavy atom. The fourth-order valence-electron chi connectivity index (χ4n) is 1.46. The molecule has 108 valence electrons. The highest BCUT2D eigenvalue weighted by Crippen LogP contribution is 2.27. The first kappa shape index (κ1) is 14.1. The summed E-state index contributed by atoms with van der Waals surface area (Å²) >= 11 is 0. The molecule has 20 heavy (non-hydrogen) atoms. The Bertz CT molecular complexity index is 604. The van der Waals surface area contributed by atoms with Crippen molar-refractivity contribution in [1.82, 2.24) is 15.0 Å². The minimum absolute atomic E-state index is 0.0432. The first-order valence-electron chi connectivity index (χ1n) is 5.64. The predicted molar refractivity (Wildman–Crippen MR) is 64.8 cm³/mol. The first-order valence-corrected chi connectivity index (χ1v) is 5.64. The molecule has 2 heterocycles. The number of nitrogens with two attached hydrogens (primary N) is 1. The van der Waals surface area contributed by atoms with E-state index < -0.39 is 12.0 Å². The predicted octanol–water partition coefficient (Wildman–Crippen LogP) is 2.29. The second kappa shape index (κ2) is 4.99. The Labute approximate surface area is 112 Å². The van der Waals surface area contributed by atoms with Crippen molar-refractivity contribution < 1.29 is 17.6 Å². The molecule has 2 aromatic rings. The summed E-state index contributed by atoms with van der Waals surface area (Å²) in [6.07, 6.45) is -4.65. The molecular weight excluding hydrogens is 275 g/mol. The van der Waals surface area contributed by atoms with Gasteiger partial charge in [-0.25, -0.2) is 15.0 Å². The van der Waals surface area contributed by atoms with E-state index in [4.69, 9.17) is 10.2 Å². The normalized spacial score (nSPS) is 11.7. The fourth-order valence-corrected chi connectivity index (χ4v) is 1.46. The molecule has 0 saturated carbocycles. The smallest absolute Gasteiger partial charge is 0.444 e. The van der Waals surface area contributed by atoms with Crippen LogP contribution in [0.2, 0.25) is 0 Å². The lowest BCUT2D eigenvalue weighted by Crippen LogP contribution is -2.14. The molecule has 0 aromatic carbocycles. The average Bonchev–Trinajstić information content (AvgIpc) is 2.65. The molecule has 2 aromatic heterocycles. The van der Waals surface area contributed by atoms with Crippen LogP contribution in [-0.2, 0) is 12.7 Å². The number of oxazole rings is 1. The summed E-state index contributed by atoms with van der Waals surface area (Å²) in [6.45, 7) is 3.62. The van der Waals surface area contributed by atoms with Crippen molar-refractivity contribution in [3.05, 3.63) is 29.2 Å². The van der Waals surface area contributed by atoms with Crippen LogP contribution in [0.1, 0.15) is 23.2 Å². The highest BCUT2D eigenvalue weighted by atomic mass is 19.4. The third-order valence-corrected chi connectivity index (χ3v) is 2.49. The summed E-state index contributed by atoms with van der Waals surface area (Å²) < 4.78 is 42.9. The maximum absolute atomic E-state index is 12.5. The molecule has 0 saturated heterocycles. The van der Waals surface area contributed by atoms with Gasteiger partial charge in [-0.2, -0.15) is 13.2 Å². The summed E-state index contributed by atoms with van der Waals surface area (Å²) in [5, 5.41) is 2.67. The summed E-state index contributed by atoms with van der Waals surface area (Å²) in [5.41, 5.74) is 6.05. The lowest BCUT2D eigenvalue weighted by atomic mass is 10.4. The van der Waals surface area contributed by atoms with Gasteiger partial charge in [0.25, 0.3) is 0 Å². The number of hydrogen-bond acceptors (Lipinski definition) is 6. The lowest BCUT2D eigenvalue weighted by Gasteiger charge is -2.08. The summed E-state index contributed by atoms with van der Waals surface area (Å²) in [5.74, 6) is -0.599. The van der Waals surface area contributed by atoms with Crippen LogP contribution in [0.25, 0.3) is 0 Å². The molecule has 0 aliphatic carbocycles. The molecule has 0 aliphatic heterocycles. The molecule has 0 aliphatic rings. The Hall–Kier alpha value is -2.32. The van der Waals surface area contributed by atoms with E-state index in [2.05, 4.69) is 20.3 Å². The van der Waals surface area contributed by atoms with Gasteiger partial charge in [-0.05, 0) is 13.8 Å². The number of aryl methyl sites for hydroxylation is 2. The number of rotatable bonds is 3. The van der Waals surface area contributed by atoms with Gasteiger partial charge < -0.3 is 15.5 Å². The number of nitrogens with one attached hydrogen (secondary N) is 1. The third-order valence-electron chi connectivity index (χ3n) is 2.49. The number of hydrogen-bond donors (Lipinski definition) is 2. The van der Waals surface area contributed by atoms with Crippen LogP contribution in [0.15, 0.2) is 10.5 Å². The minimum Gasteiger partial charge on any atom is -0.444 e. The van der Waals surface area contributed by atoms with Gasteiger partial charge in [-0.1, -0.05) is 0 Å². The van der Waals surface area contributed by atoms with Gasteiger partial charge in [0, 0.05) is 6.07 Å². The topological polar surface area (TPSA) is 89.9 Å². The van der Waals surface area contributed by atoms with E-state index in [1.54, 1.807) is 13.8 Å². The quantitative estimate of drug-likeness (QED) is 0.900. The number of aromatic nitrogens is 3. The van der Waals surface area contributed by atoms with Crippen molar-refractivity contribution in [2.24, 2.45) is 0 Å². The molecule has 0 atom stereocenters. The van der Waals surface area contributed by atoms with E-state index >= 15 is 0 Å². The number of nitrogen functional groups attached to an aromatic ring is 1. The van der Waals surface area contributed by atoms with Crippen LogP contribution in [0.3, 0.4) is 0 Å². The molecule has 0 radical (unpaired) electrons. The molecular formula is C11H12F3N5O. The Balaban J connectivity index is 2.15. The maximum atomic E-state index is 12.5. The molecule has 0 amide bonds. The average molecular weight is 287 g/mol. The van der Waals surface area contributed by atoms with Crippen LogP contribution in [-0.4, -0.2) is 15.0 Å². The summed E-state index contributed by atoms with van der Waals surface area (Å²) in [6, 6.07) is 1.21. The monoisotopic (exact) mass is 287 g/mol. The highest BCUT2D eigenvalue weighted by molar-refractivity contribution is 5.44. The number of nitrogens with zero attached hydrogens (tertiary/aromatic N) is 3. The Morgan fingerprint density at radius 1 is 1.25 bits per heavy atom. The highest BCUT2D eigenvalue weighted by Gasteiger charge is 2.35. The molecule has 2 rings (SSSR count). The van der Waals surface area contributed by atoms with Gasteiger partial charge in [0.05, 0.1) is 12.2 Å². The second-order valence-corrected chi connectivity index (χ2v) is 4.10. The van der Waals surface area contributed by atoms with E-state index in [-0.39, 0.29) is 18.2 Å². The third kappa shape index (κ3) is 3.16. The second-order valence-electron chi connectivity index (χ2n) is 4.10. The molecule has 6 nitrogen and oxygen atoms in total. The van der Waals surface area contributed by atoms with Gasteiger partial charge in [0.15, 0.2) is 0 Å². The van der Waals surface area contributed by atoms with E-state index in [1.165, 1.54) is 6.07 Å². The van der Waals surface area contributed by atoms with Crippen molar-refractivity contribution in [3.8, 4) is 0 Å². The standard InChI is InChI=1S/C11H12F3N5O/c1-5-6(2)20-9(17-5)4-16-8-3-7(15)18-10(19-8)11(12,13)14/h3H,4H2,1-2H3,(H3,15,16,18,19). The van der Waals surface area contributed by atoms with Crippen molar-refractivity contribution in [3.63, 3.8) is 0 Å². The molecule has 0 unspecified atom stereocenters. The van der Waals surface area contributed by atoms with E-state index in [1.807, 2.05) is 0 Å². The van der Waals surface area contributed by atoms with Crippen molar-refractivity contribution in [2.45, 2.75) is 26.6 Å². The minimum atomic E-state index is -4.65. The Kier molecular flexibility index (Phi) is 3.51. The lowest BCUT2D eigenvalue weighted by molar-refractivity contribution is -0.144. The van der Waals surface area contributed by atoms with E-state index in [9.17, 15) is 13.2 Å². The molecule has 0 spiro atoms. The van der Waals surface area contributed by atoms with Gasteiger partial charge >= 0.3 is 6.18 Å². The molecule has 3 N–H and O–H groups in total. The van der Waals surface area contributed by atoms with Crippen LogP contribution in [0, 0.1) is 13.8 Å². The summed E-state index contributed by atoms with van der Waals surface area (Å²) in [4.78, 5) is 10.6. The SMILES string of the molecule is Cc1nc(CNc2cc(N)nc(C(F)(F)F)n2)oc1C. The molecule has 9 heteroatoms. The van der Waals surface area contributed by atoms with Gasteiger partial charge in [-0.3, -0.25) is 0 Å². The zero-order chi connectivity index (χ0) is 14.9. The molecule has 0 bridgehead atoms. The van der Waals surface area contributed by atoms with E-state index in [0.29, 0.717) is 11.7 Å². The van der Waals surface area contributed by atoms with Gasteiger partial charge in [-0.15, -0.1) is 0 Å². The fraction of sp³-hybridized carbons (Fsp3) is 0.364. The number of anilines is 2. The van der Waals surface area contributed by atoms with Crippen LogP contribution in [0.4, 0.5) is 24.8 Å². The maximum Gasteiger partial charge on any atom is 0.451 e. The van der Waals surface area contributed by atoms with Crippen LogP contribution < -0.4 is 11.1 Å². The van der Waals surface area contributed by atoms with E-state index in [0.717, 1.165) is 5.69 Å². The number of alkyl halides is 3.